The van der Waals surface area contributed by atoms with Crippen molar-refractivity contribution in [2.75, 3.05) is 13.1 Å². The number of amides is 4. The van der Waals surface area contributed by atoms with Crippen molar-refractivity contribution >= 4 is 35.4 Å². The van der Waals surface area contributed by atoms with Gasteiger partial charge in [0.2, 0.25) is 0 Å². The van der Waals surface area contributed by atoms with E-state index in [1.54, 1.807) is 43.0 Å². The highest BCUT2D eigenvalue weighted by Crippen LogP contribution is 2.21. The lowest BCUT2D eigenvalue weighted by Gasteiger charge is -2.32. The summed E-state index contributed by atoms with van der Waals surface area (Å²) < 4.78 is 5.22. The van der Waals surface area contributed by atoms with E-state index in [2.05, 4.69) is 10.6 Å². The van der Waals surface area contributed by atoms with Crippen molar-refractivity contribution in [3.8, 4) is 0 Å². The van der Waals surface area contributed by atoms with Crippen molar-refractivity contribution < 1.29 is 23.9 Å². The first kappa shape index (κ1) is 22.7. The summed E-state index contributed by atoms with van der Waals surface area (Å²) in [5.41, 5.74) is 0.493. The summed E-state index contributed by atoms with van der Waals surface area (Å²) in [4.78, 5) is 50.3. The summed E-state index contributed by atoms with van der Waals surface area (Å²) in [5.74, 6) is -1.98. The number of hydrogen-bond acceptors (Lipinski definition) is 5. The number of carbonyl (C=O) groups excluding carboxylic acids is 4. The van der Waals surface area contributed by atoms with Gasteiger partial charge in [0.15, 0.2) is 6.10 Å². The summed E-state index contributed by atoms with van der Waals surface area (Å²) in [7, 11) is 0. The lowest BCUT2D eigenvalue weighted by atomic mass is 9.97. The lowest BCUT2D eigenvalue weighted by Crippen LogP contribution is -2.48. The summed E-state index contributed by atoms with van der Waals surface area (Å²) in [6.07, 6.45) is 0.0877. The molecule has 1 fully saturated rings. The van der Waals surface area contributed by atoms with E-state index >= 15 is 0 Å². The van der Waals surface area contributed by atoms with Crippen molar-refractivity contribution in [2.45, 2.75) is 45.8 Å². The van der Waals surface area contributed by atoms with E-state index in [-0.39, 0.29) is 18.5 Å². The molecule has 2 rings (SSSR count). The summed E-state index contributed by atoms with van der Waals surface area (Å²) in [6, 6.07) is 5.78. The first-order chi connectivity index (χ1) is 13.7. The van der Waals surface area contributed by atoms with Crippen LogP contribution >= 0.6 is 11.6 Å². The number of hydrogen-bond donors (Lipinski definition) is 2. The average molecular weight is 424 g/mol. The number of imide groups is 1. The van der Waals surface area contributed by atoms with Crippen molar-refractivity contribution in [3.05, 3.63) is 34.9 Å². The first-order valence-corrected chi connectivity index (χ1v) is 9.92. The predicted molar refractivity (Wildman–Crippen MR) is 107 cm³/mol. The molecule has 2 N–H and O–H groups in total. The SMILES string of the molecule is CC(C)NC(=O)NC(=O)[C@H](C)OC(=O)[C@H]1CCCN(C(=O)c2ccc(Cl)cc2)C1. The summed E-state index contributed by atoms with van der Waals surface area (Å²) >= 11 is 5.85. The number of esters is 1. The molecule has 8 nitrogen and oxygen atoms in total. The zero-order valence-corrected chi connectivity index (χ0v) is 17.5. The molecule has 9 heteroatoms. The maximum absolute atomic E-state index is 12.6. The largest absolute Gasteiger partial charge is 0.452 e. The summed E-state index contributed by atoms with van der Waals surface area (Å²) in [5, 5.41) is 5.19. The fourth-order valence-electron chi connectivity index (χ4n) is 2.96. The number of carbonyl (C=O) groups is 4. The first-order valence-electron chi connectivity index (χ1n) is 9.54. The van der Waals surface area contributed by atoms with Crippen LogP contribution < -0.4 is 10.6 Å². The number of likely N-dealkylation sites (tertiary alicyclic amines) is 1. The molecule has 1 aromatic rings. The molecule has 0 bridgehead atoms. The van der Waals surface area contributed by atoms with Crippen LogP contribution in [0.25, 0.3) is 0 Å². The van der Waals surface area contributed by atoms with Gasteiger partial charge in [-0.2, -0.15) is 0 Å². The Kier molecular flexibility index (Phi) is 8.01. The third-order valence-corrected chi connectivity index (χ3v) is 4.70. The molecule has 1 aliphatic rings. The minimum atomic E-state index is -1.12. The third kappa shape index (κ3) is 6.74. The lowest BCUT2D eigenvalue weighted by molar-refractivity contribution is -0.159. The van der Waals surface area contributed by atoms with Crippen molar-refractivity contribution in [1.82, 2.24) is 15.5 Å². The van der Waals surface area contributed by atoms with Gasteiger partial charge in [0.25, 0.3) is 11.8 Å². The van der Waals surface area contributed by atoms with Crippen molar-refractivity contribution in [3.63, 3.8) is 0 Å². The van der Waals surface area contributed by atoms with Crippen LogP contribution in [0.4, 0.5) is 4.79 Å². The smallest absolute Gasteiger partial charge is 0.321 e. The molecule has 0 unspecified atom stereocenters. The topological polar surface area (TPSA) is 105 Å². The van der Waals surface area contributed by atoms with Gasteiger partial charge in [-0.3, -0.25) is 19.7 Å². The van der Waals surface area contributed by atoms with Gasteiger partial charge in [-0.1, -0.05) is 11.6 Å². The third-order valence-electron chi connectivity index (χ3n) is 4.45. The Morgan fingerprint density at radius 1 is 1.14 bits per heavy atom. The number of benzene rings is 1. The molecule has 2 atom stereocenters. The number of rotatable bonds is 5. The Hall–Kier alpha value is -2.61. The molecule has 1 saturated heterocycles. The van der Waals surface area contributed by atoms with Crippen LogP contribution in [0.2, 0.25) is 5.02 Å². The maximum Gasteiger partial charge on any atom is 0.321 e. The van der Waals surface area contributed by atoms with Gasteiger partial charge in [0.05, 0.1) is 5.92 Å². The second-order valence-corrected chi connectivity index (χ2v) is 7.73. The van der Waals surface area contributed by atoms with E-state index < -0.39 is 29.9 Å². The standard InChI is InChI=1S/C20H26ClN3O5/c1-12(2)22-20(28)23-17(25)13(3)29-19(27)15-5-4-10-24(11-15)18(26)14-6-8-16(21)9-7-14/h6-9,12-13,15H,4-5,10-11H2,1-3H3,(H2,22,23,25,28)/t13-,15-/m0/s1. The fraction of sp³-hybridized carbons (Fsp3) is 0.500. The van der Waals surface area contributed by atoms with Crippen LogP contribution in [-0.4, -0.2) is 54.0 Å². The van der Waals surface area contributed by atoms with Crippen LogP contribution in [-0.2, 0) is 14.3 Å². The number of piperidine rings is 1. The molecule has 0 aromatic heterocycles. The van der Waals surface area contributed by atoms with E-state index in [0.717, 1.165) is 0 Å². The molecule has 1 aromatic carbocycles. The highest BCUT2D eigenvalue weighted by molar-refractivity contribution is 6.30. The molecular formula is C20H26ClN3O5. The highest BCUT2D eigenvalue weighted by Gasteiger charge is 2.32. The Labute approximate surface area is 174 Å². The molecular weight excluding hydrogens is 398 g/mol. The van der Waals surface area contributed by atoms with E-state index in [0.29, 0.717) is 30.0 Å². The van der Waals surface area contributed by atoms with Gasteiger partial charge in [0.1, 0.15) is 0 Å². The van der Waals surface area contributed by atoms with Gasteiger partial charge < -0.3 is 15.0 Å². The average Bonchev–Trinajstić information content (AvgIpc) is 2.67. The van der Waals surface area contributed by atoms with Gasteiger partial charge in [-0.15, -0.1) is 0 Å². The number of urea groups is 1. The number of halogens is 1. The number of nitrogens with zero attached hydrogens (tertiary/aromatic N) is 1. The van der Waals surface area contributed by atoms with E-state index in [1.807, 2.05) is 0 Å². The zero-order chi connectivity index (χ0) is 21.6. The minimum Gasteiger partial charge on any atom is -0.452 e. The van der Waals surface area contributed by atoms with E-state index in [9.17, 15) is 19.2 Å². The minimum absolute atomic E-state index is 0.132. The van der Waals surface area contributed by atoms with Crippen molar-refractivity contribution in [2.24, 2.45) is 5.92 Å². The Bertz CT molecular complexity index is 766. The van der Waals surface area contributed by atoms with Crippen LogP contribution in [0.15, 0.2) is 24.3 Å². The normalized spacial score (nSPS) is 17.4. The molecule has 0 spiro atoms. The number of ether oxygens (including phenoxy) is 1. The molecule has 0 aliphatic carbocycles. The predicted octanol–water partition coefficient (Wildman–Crippen LogP) is 2.36. The molecule has 1 aliphatic heterocycles. The maximum atomic E-state index is 12.6. The molecule has 0 radical (unpaired) electrons. The van der Waals surface area contributed by atoms with Gasteiger partial charge in [-0.25, -0.2) is 4.79 Å². The zero-order valence-electron chi connectivity index (χ0n) is 16.7. The van der Waals surface area contributed by atoms with Crippen LogP contribution in [0, 0.1) is 5.92 Å². The molecule has 4 amide bonds. The highest BCUT2D eigenvalue weighted by atomic mass is 35.5. The second-order valence-electron chi connectivity index (χ2n) is 7.29. The van der Waals surface area contributed by atoms with Gasteiger partial charge in [-0.05, 0) is 57.9 Å². The quantitative estimate of drug-likeness (QED) is 0.707. The Morgan fingerprint density at radius 2 is 1.79 bits per heavy atom. The van der Waals surface area contributed by atoms with E-state index in [4.69, 9.17) is 16.3 Å². The molecule has 29 heavy (non-hydrogen) atoms. The number of nitrogens with one attached hydrogen (secondary N) is 2. The summed E-state index contributed by atoms with van der Waals surface area (Å²) in [6.45, 7) is 5.66. The fourth-order valence-corrected chi connectivity index (χ4v) is 3.09. The molecule has 1 heterocycles. The molecule has 0 saturated carbocycles. The van der Waals surface area contributed by atoms with E-state index in [1.165, 1.54) is 6.92 Å². The van der Waals surface area contributed by atoms with Crippen LogP contribution in [0.1, 0.15) is 44.0 Å². The molecule has 158 valence electrons. The second kappa shape index (κ2) is 10.2. The monoisotopic (exact) mass is 423 g/mol. The van der Waals surface area contributed by atoms with Crippen LogP contribution in [0.3, 0.4) is 0 Å². The van der Waals surface area contributed by atoms with Gasteiger partial charge >= 0.3 is 12.0 Å². The van der Waals surface area contributed by atoms with Crippen molar-refractivity contribution in [1.29, 1.82) is 0 Å². The van der Waals surface area contributed by atoms with Gasteiger partial charge in [0, 0.05) is 29.7 Å². The Morgan fingerprint density at radius 3 is 2.41 bits per heavy atom. The Balaban J connectivity index is 1.90. The van der Waals surface area contributed by atoms with Crippen LogP contribution in [0.5, 0.6) is 0 Å².